The van der Waals surface area contributed by atoms with E-state index in [1.807, 2.05) is 12.1 Å². The van der Waals surface area contributed by atoms with Crippen LogP contribution in [0.4, 0.5) is 5.69 Å². The quantitative estimate of drug-likeness (QED) is 0.665. The molecule has 1 atom stereocenters. The summed E-state index contributed by atoms with van der Waals surface area (Å²) in [5, 5.41) is 14.4. The molecule has 0 saturated carbocycles. The Morgan fingerprint density at radius 1 is 1.19 bits per heavy atom. The van der Waals surface area contributed by atoms with Gasteiger partial charge in [0.2, 0.25) is 0 Å². The normalized spacial score (nSPS) is 12.1. The monoisotopic (exact) mass is 284 g/mol. The Morgan fingerprint density at radius 3 is 2.57 bits per heavy atom. The standard InChI is InChI=1S/C17H20N2O2/c1-12-6-4-7-15(10-12)14(3)18-11-16-8-5-9-17(13(16)2)19(20)21/h4-10,14,18H,11H2,1-3H3. The largest absolute Gasteiger partial charge is 0.306 e. The molecule has 1 N–H and O–H groups in total. The smallest absolute Gasteiger partial charge is 0.272 e. The van der Waals surface area contributed by atoms with Crippen molar-refractivity contribution in [2.75, 3.05) is 0 Å². The second-order valence-electron chi connectivity index (χ2n) is 5.34. The van der Waals surface area contributed by atoms with E-state index in [0.29, 0.717) is 6.54 Å². The molecule has 0 amide bonds. The predicted molar refractivity (Wildman–Crippen MR) is 84.3 cm³/mol. The van der Waals surface area contributed by atoms with E-state index in [2.05, 4.69) is 37.4 Å². The van der Waals surface area contributed by atoms with E-state index in [0.717, 1.165) is 11.1 Å². The van der Waals surface area contributed by atoms with E-state index < -0.39 is 0 Å². The maximum atomic E-state index is 11.0. The summed E-state index contributed by atoms with van der Waals surface area (Å²) in [5.74, 6) is 0. The van der Waals surface area contributed by atoms with E-state index in [-0.39, 0.29) is 16.7 Å². The van der Waals surface area contributed by atoms with Gasteiger partial charge in [-0.1, -0.05) is 42.0 Å². The van der Waals surface area contributed by atoms with Crippen LogP contribution in [-0.2, 0) is 6.54 Å². The van der Waals surface area contributed by atoms with E-state index in [9.17, 15) is 10.1 Å². The highest BCUT2D eigenvalue weighted by molar-refractivity contribution is 5.44. The topological polar surface area (TPSA) is 55.2 Å². The molecular weight excluding hydrogens is 264 g/mol. The van der Waals surface area contributed by atoms with Gasteiger partial charge in [-0.25, -0.2) is 0 Å². The maximum absolute atomic E-state index is 11.0. The first-order valence-corrected chi connectivity index (χ1v) is 7.02. The number of aryl methyl sites for hydroxylation is 1. The Balaban J connectivity index is 2.10. The summed E-state index contributed by atoms with van der Waals surface area (Å²) in [6.45, 7) is 6.58. The number of benzene rings is 2. The van der Waals surface area contributed by atoms with Crippen molar-refractivity contribution in [3.8, 4) is 0 Å². The molecule has 2 rings (SSSR count). The fraction of sp³-hybridized carbons (Fsp3) is 0.294. The molecule has 4 nitrogen and oxygen atoms in total. The van der Waals surface area contributed by atoms with E-state index in [1.165, 1.54) is 11.1 Å². The first-order chi connectivity index (χ1) is 9.99. The van der Waals surface area contributed by atoms with Gasteiger partial charge in [0, 0.05) is 24.2 Å². The molecule has 2 aromatic rings. The van der Waals surface area contributed by atoms with E-state index in [1.54, 1.807) is 19.1 Å². The third-order valence-electron chi connectivity index (χ3n) is 3.75. The zero-order valence-corrected chi connectivity index (χ0v) is 12.6. The molecule has 0 aliphatic heterocycles. The molecule has 110 valence electrons. The van der Waals surface area contributed by atoms with Crippen LogP contribution in [0, 0.1) is 24.0 Å². The SMILES string of the molecule is Cc1cccc(C(C)NCc2cccc([N+](=O)[O-])c2C)c1. The number of rotatable bonds is 5. The number of nitrogens with zero attached hydrogens (tertiary/aromatic N) is 1. The Kier molecular flexibility index (Phi) is 4.70. The van der Waals surface area contributed by atoms with Crippen molar-refractivity contribution in [3.63, 3.8) is 0 Å². The van der Waals surface area contributed by atoms with Crippen LogP contribution in [0.2, 0.25) is 0 Å². The minimum Gasteiger partial charge on any atom is -0.306 e. The molecule has 0 spiro atoms. The van der Waals surface area contributed by atoms with Crippen LogP contribution in [0.3, 0.4) is 0 Å². The first kappa shape index (κ1) is 15.2. The van der Waals surface area contributed by atoms with Crippen LogP contribution in [0.25, 0.3) is 0 Å². The molecule has 0 radical (unpaired) electrons. The summed E-state index contributed by atoms with van der Waals surface area (Å²) < 4.78 is 0. The van der Waals surface area contributed by atoms with Gasteiger partial charge in [-0.05, 0) is 31.9 Å². The van der Waals surface area contributed by atoms with Crippen LogP contribution in [0.1, 0.15) is 35.2 Å². The third-order valence-corrected chi connectivity index (χ3v) is 3.75. The average Bonchev–Trinajstić information content (AvgIpc) is 2.45. The second kappa shape index (κ2) is 6.50. The third kappa shape index (κ3) is 3.67. The molecule has 0 aliphatic carbocycles. The minimum atomic E-state index is -0.331. The Hall–Kier alpha value is -2.20. The highest BCUT2D eigenvalue weighted by Crippen LogP contribution is 2.22. The maximum Gasteiger partial charge on any atom is 0.272 e. The molecule has 0 heterocycles. The number of hydrogen-bond acceptors (Lipinski definition) is 3. The molecule has 21 heavy (non-hydrogen) atoms. The lowest BCUT2D eigenvalue weighted by atomic mass is 10.0. The van der Waals surface area contributed by atoms with Crippen molar-refractivity contribution in [1.29, 1.82) is 0 Å². The van der Waals surface area contributed by atoms with Gasteiger partial charge in [-0.15, -0.1) is 0 Å². The second-order valence-corrected chi connectivity index (χ2v) is 5.34. The van der Waals surface area contributed by atoms with Crippen molar-refractivity contribution in [3.05, 3.63) is 74.8 Å². The lowest BCUT2D eigenvalue weighted by Gasteiger charge is -2.16. The number of nitrogens with one attached hydrogen (secondary N) is 1. The summed E-state index contributed by atoms with van der Waals surface area (Å²) in [7, 11) is 0. The van der Waals surface area contributed by atoms with Crippen LogP contribution >= 0.6 is 0 Å². The predicted octanol–water partition coefficient (Wildman–Crippen LogP) is 4.06. The lowest BCUT2D eigenvalue weighted by molar-refractivity contribution is -0.385. The van der Waals surface area contributed by atoms with Crippen LogP contribution in [0.15, 0.2) is 42.5 Å². The van der Waals surface area contributed by atoms with Gasteiger partial charge in [0.1, 0.15) is 0 Å². The van der Waals surface area contributed by atoms with Crippen molar-refractivity contribution >= 4 is 5.69 Å². The van der Waals surface area contributed by atoms with Crippen molar-refractivity contribution in [2.24, 2.45) is 0 Å². The minimum absolute atomic E-state index is 0.178. The van der Waals surface area contributed by atoms with Gasteiger partial charge in [0.15, 0.2) is 0 Å². The van der Waals surface area contributed by atoms with Crippen molar-refractivity contribution in [1.82, 2.24) is 5.32 Å². The molecule has 0 aromatic heterocycles. The molecule has 2 aromatic carbocycles. The number of nitro benzene ring substituents is 1. The van der Waals surface area contributed by atoms with Gasteiger partial charge >= 0.3 is 0 Å². The van der Waals surface area contributed by atoms with Crippen LogP contribution < -0.4 is 5.32 Å². The number of nitro groups is 1. The fourth-order valence-electron chi connectivity index (χ4n) is 2.38. The van der Waals surface area contributed by atoms with Crippen molar-refractivity contribution < 1.29 is 4.92 Å². The summed E-state index contributed by atoms with van der Waals surface area (Å²) in [5.41, 5.74) is 4.32. The molecule has 4 heteroatoms. The highest BCUT2D eigenvalue weighted by Gasteiger charge is 2.13. The van der Waals surface area contributed by atoms with Gasteiger partial charge < -0.3 is 5.32 Å². The van der Waals surface area contributed by atoms with Gasteiger partial charge in [-0.2, -0.15) is 0 Å². The number of hydrogen-bond donors (Lipinski definition) is 1. The zero-order chi connectivity index (χ0) is 15.4. The molecule has 0 fully saturated rings. The molecular formula is C17H20N2O2. The molecule has 0 saturated heterocycles. The van der Waals surface area contributed by atoms with Gasteiger partial charge in [0.05, 0.1) is 4.92 Å². The Morgan fingerprint density at radius 2 is 1.90 bits per heavy atom. The molecule has 1 unspecified atom stereocenters. The summed E-state index contributed by atoms with van der Waals surface area (Å²) in [6, 6.07) is 13.8. The summed E-state index contributed by atoms with van der Waals surface area (Å²) >= 11 is 0. The van der Waals surface area contributed by atoms with E-state index in [4.69, 9.17) is 0 Å². The van der Waals surface area contributed by atoms with Gasteiger partial charge in [0.25, 0.3) is 5.69 Å². The van der Waals surface area contributed by atoms with Crippen LogP contribution in [-0.4, -0.2) is 4.92 Å². The lowest BCUT2D eigenvalue weighted by Crippen LogP contribution is -2.18. The van der Waals surface area contributed by atoms with Gasteiger partial charge in [-0.3, -0.25) is 10.1 Å². The summed E-state index contributed by atoms with van der Waals surface area (Å²) in [4.78, 5) is 10.6. The summed E-state index contributed by atoms with van der Waals surface area (Å²) in [6.07, 6.45) is 0. The first-order valence-electron chi connectivity index (χ1n) is 7.02. The Bertz CT molecular complexity index is 653. The Labute approximate surface area is 125 Å². The highest BCUT2D eigenvalue weighted by atomic mass is 16.6. The fourth-order valence-corrected chi connectivity index (χ4v) is 2.38. The molecule has 0 aliphatic rings. The van der Waals surface area contributed by atoms with Crippen molar-refractivity contribution in [2.45, 2.75) is 33.4 Å². The molecule has 0 bridgehead atoms. The zero-order valence-electron chi connectivity index (χ0n) is 12.6. The average molecular weight is 284 g/mol. The van der Waals surface area contributed by atoms with E-state index >= 15 is 0 Å². The van der Waals surface area contributed by atoms with Crippen LogP contribution in [0.5, 0.6) is 0 Å².